The fourth-order valence-corrected chi connectivity index (χ4v) is 1.07. The molecule has 0 aliphatic rings. The largest absolute Gasteiger partial charge is 0.0616 e. The summed E-state index contributed by atoms with van der Waals surface area (Å²) in [5.74, 6) is 0. The zero-order chi connectivity index (χ0) is 8.23. The lowest BCUT2D eigenvalue weighted by Crippen LogP contribution is -1.75. The van der Waals surface area contributed by atoms with Crippen LogP contribution < -0.4 is 0 Å². The first-order valence-corrected chi connectivity index (χ1v) is 3.82. The monoisotopic (exact) mass is 151 g/mol. The third-order valence-electron chi connectivity index (χ3n) is 1.65. The predicted octanol–water partition coefficient (Wildman–Crippen LogP) is 2.75. The zero-order valence-electron chi connectivity index (χ0n) is 6.54. The summed E-state index contributed by atoms with van der Waals surface area (Å²) in [5.41, 5.74) is 2.10. The van der Waals surface area contributed by atoms with Crippen molar-refractivity contribution < 1.29 is 0 Å². The van der Waals surface area contributed by atoms with E-state index in [1.807, 2.05) is 42.5 Å². The molecule has 2 aromatic rings. The molecule has 0 heterocycles. The maximum atomic E-state index is 3.13. The molecule has 0 aliphatic carbocycles. The first-order chi connectivity index (χ1) is 5.97. The van der Waals surface area contributed by atoms with Gasteiger partial charge in [-0.1, -0.05) is 42.5 Å². The Morgan fingerprint density at radius 2 is 1.75 bits per heavy atom. The molecule has 0 amide bonds. The van der Waals surface area contributed by atoms with Crippen LogP contribution in [-0.4, -0.2) is 0 Å². The minimum Gasteiger partial charge on any atom is -0.0616 e. The SMILES string of the molecule is [c]1[c]c(-c2[c]cccc2)ccc1. The van der Waals surface area contributed by atoms with Gasteiger partial charge in [0.1, 0.15) is 0 Å². The molecule has 0 bridgehead atoms. The molecule has 2 aromatic carbocycles. The van der Waals surface area contributed by atoms with Crippen LogP contribution >= 0.6 is 0 Å². The van der Waals surface area contributed by atoms with E-state index in [-0.39, 0.29) is 0 Å². The van der Waals surface area contributed by atoms with Gasteiger partial charge in [-0.2, -0.15) is 0 Å². The molecule has 0 aromatic heterocycles. The minimum absolute atomic E-state index is 1.04. The lowest BCUT2D eigenvalue weighted by atomic mass is 10.1. The van der Waals surface area contributed by atoms with E-state index in [9.17, 15) is 0 Å². The van der Waals surface area contributed by atoms with Gasteiger partial charge in [0.15, 0.2) is 0 Å². The van der Waals surface area contributed by atoms with Crippen LogP contribution in [0.15, 0.2) is 42.5 Å². The molecule has 3 radical (unpaired) electrons. The summed E-state index contributed by atoms with van der Waals surface area (Å²) >= 11 is 0. The van der Waals surface area contributed by atoms with Gasteiger partial charge in [0, 0.05) is 0 Å². The summed E-state index contributed by atoms with van der Waals surface area (Å²) in [4.78, 5) is 0. The Bertz CT molecular complexity index is 297. The van der Waals surface area contributed by atoms with E-state index in [1.165, 1.54) is 0 Å². The van der Waals surface area contributed by atoms with Crippen LogP contribution in [-0.2, 0) is 0 Å². The maximum Gasteiger partial charge on any atom is -0.00139 e. The average Bonchev–Trinajstić information content (AvgIpc) is 2.21. The maximum absolute atomic E-state index is 3.13. The molecule has 0 aliphatic heterocycles. The van der Waals surface area contributed by atoms with E-state index in [0.717, 1.165) is 11.1 Å². The second-order valence-corrected chi connectivity index (χ2v) is 2.49. The summed E-state index contributed by atoms with van der Waals surface area (Å²) < 4.78 is 0. The van der Waals surface area contributed by atoms with Gasteiger partial charge in [-0.05, 0) is 29.3 Å². The Morgan fingerprint density at radius 1 is 0.833 bits per heavy atom. The topological polar surface area (TPSA) is 0 Å². The molecule has 55 valence electrons. The Hall–Kier alpha value is -1.56. The van der Waals surface area contributed by atoms with Crippen molar-refractivity contribution in [2.45, 2.75) is 0 Å². The molecular weight excluding hydrogens is 144 g/mol. The van der Waals surface area contributed by atoms with E-state index < -0.39 is 0 Å². The summed E-state index contributed by atoms with van der Waals surface area (Å²) in [6, 6.07) is 22.7. The van der Waals surface area contributed by atoms with E-state index >= 15 is 0 Å². The number of hydrogen-bond donors (Lipinski definition) is 0. The highest BCUT2D eigenvalue weighted by molar-refractivity contribution is 5.61. The van der Waals surface area contributed by atoms with Crippen LogP contribution in [0.3, 0.4) is 0 Å². The van der Waals surface area contributed by atoms with Crippen LogP contribution in [0.2, 0.25) is 0 Å². The minimum atomic E-state index is 1.04. The summed E-state index contributed by atoms with van der Waals surface area (Å²) in [7, 11) is 0. The average molecular weight is 151 g/mol. The number of benzene rings is 2. The lowest BCUT2D eigenvalue weighted by molar-refractivity contribution is 1.59. The first kappa shape index (κ1) is 7.11. The normalized spacial score (nSPS) is 9.67. The third-order valence-corrected chi connectivity index (χ3v) is 1.65. The Balaban J connectivity index is 2.46. The van der Waals surface area contributed by atoms with Crippen molar-refractivity contribution in [3.05, 3.63) is 60.7 Å². The fraction of sp³-hybridized carbons (Fsp3) is 0. The van der Waals surface area contributed by atoms with Crippen LogP contribution in [0, 0.1) is 18.2 Å². The van der Waals surface area contributed by atoms with Gasteiger partial charge in [0.2, 0.25) is 0 Å². The number of hydrogen-bond acceptors (Lipinski definition) is 0. The Labute approximate surface area is 72.5 Å². The van der Waals surface area contributed by atoms with Gasteiger partial charge in [-0.15, -0.1) is 0 Å². The highest BCUT2D eigenvalue weighted by atomic mass is 14.0. The van der Waals surface area contributed by atoms with Crippen molar-refractivity contribution in [2.24, 2.45) is 0 Å². The van der Waals surface area contributed by atoms with Crippen LogP contribution in [0.25, 0.3) is 11.1 Å². The second kappa shape index (κ2) is 3.22. The van der Waals surface area contributed by atoms with E-state index in [4.69, 9.17) is 0 Å². The quantitative estimate of drug-likeness (QED) is 0.588. The Morgan fingerprint density at radius 3 is 2.42 bits per heavy atom. The molecular formula is C12H7. The molecule has 0 unspecified atom stereocenters. The molecule has 2 rings (SSSR count). The van der Waals surface area contributed by atoms with Crippen LogP contribution in [0.4, 0.5) is 0 Å². The molecule has 0 spiro atoms. The van der Waals surface area contributed by atoms with Gasteiger partial charge in [0.25, 0.3) is 0 Å². The fourth-order valence-electron chi connectivity index (χ4n) is 1.07. The standard InChI is InChI=1S/C12H7/c1-3-7-11(8-4-1)12-9-5-2-6-10-12/h1-5,7,9H. The van der Waals surface area contributed by atoms with Crippen molar-refractivity contribution in [3.8, 4) is 11.1 Å². The van der Waals surface area contributed by atoms with E-state index in [2.05, 4.69) is 18.2 Å². The molecule has 0 atom stereocenters. The van der Waals surface area contributed by atoms with Crippen molar-refractivity contribution in [1.82, 2.24) is 0 Å². The van der Waals surface area contributed by atoms with Gasteiger partial charge < -0.3 is 0 Å². The highest BCUT2D eigenvalue weighted by Gasteiger charge is 1.93. The molecule has 12 heavy (non-hydrogen) atoms. The zero-order valence-corrected chi connectivity index (χ0v) is 6.54. The second-order valence-electron chi connectivity index (χ2n) is 2.49. The van der Waals surface area contributed by atoms with Gasteiger partial charge >= 0.3 is 0 Å². The smallest absolute Gasteiger partial charge is 0.00139 e. The molecule has 0 N–H and O–H groups in total. The lowest BCUT2D eigenvalue weighted by Gasteiger charge is -1.97. The van der Waals surface area contributed by atoms with Crippen molar-refractivity contribution in [1.29, 1.82) is 0 Å². The molecule has 0 nitrogen and oxygen atoms in total. The summed E-state index contributed by atoms with van der Waals surface area (Å²) in [6.45, 7) is 0. The van der Waals surface area contributed by atoms with Crippen LogP contribution in [0.1, 0.15) is 0 Å². The van der Waals surface area contributed by atoms with E-state index in [0.29, 0.717) is 0 Å². The predicted molar refractivity (Wildman–Crippen MR) is 48.4 cm³/mol. The highest BCUT2D eigenvalue weighted by Crippen LogP contribution is 2.15. The molecule has 0 heteroatoms. The molecule has 0 saturated carbocycles. The molecule has 0 fully saturated rings. The summed E-state index contributed by atoms with van der Waals surface area (Å²) in [6.07, 6.45) is 0. The van der Waals surface area contributed by atoms with Gasteiger partial charge in [-0.3, -0.25) is 0 Å². The molecule has 0 saturated heterocycles. The van der Waals surface area contributed by atoms with Crippen LogP contribution in [0.5, 0.6) is 0 Å². The number of rotatable bonds is 1. The van der Waals surface area contributed by atoms with Crippen molar-refractivity contribution in [2.75, 3.05) is 0 Å². The van der Waals surface area contributed by atoms with E-state index in [1.54, 1.807) is 0 Å². The van der Waals surface area contributed by atoms with Crippen molar-refractivity contribution >= 4 is 0 Å². The summed E-state index contributed by atoms with van der Waals surface area (Å²) in [5, 5.41) is 0. The van der Waals surface area contributed by atoms with Crippen molar-refractivity contribution in [3.63, 3.8) is 0 Å². The Kier molecular flexibility index (Phi) is 1.91. The van der Waals surface area contributed by atoms with Gasteiger partial charge in [0.05, 0.1) is 0 Å². The van der Waals surface area contributed by atoms with Gasteiger partial charge in [-0.25, -0.2) is 0 Å². The first-order valence-electron chi connectivity index (χ1n) is 3.82. The third kappa shape index (κ3) is 1.37.